The van der Waals surface area contributed by atoms with Crippen molar-refractivity contribution in [1.29, 1.82) is 0 Å². The van der Waals surface area contributed by atoms with Crippen molar-refractivity contribution in [2.45, 2.75) is 33.4 Å². The Morgan fingerprint density at radius 3 is 2.86 bits per heavy atom. The Hall–Kier alpha value is -1.87. The van der Waals surface area contributed by atoms with Gasteiger partial charge in [0.1, 0.15) is 11.6 Å². The molecule has 0 atom stereocenters. The van der Waals surface area contributed by atoms with Crippen LogP contribution >= 0.6 is 24.0 Å². The zero-order valence-corrected chi connectivity index (χ0v) is 18.6. The molecule has 0 aromatic heterocycles. The maximum Gasteiger partial charge on any atom is 0.191 e. The summed E-state index contributed by atoms with van der Waals surface area (Å²) in [6.07, 6.45) is 0.634. The van der Waals surface area contributed by atoms with Crippen LogP contribution in [0.2, 0.25) is 0 Å². The van der Waals surface area contributed by atoms with Crippen LogP contribution in [0, 0.1) is 12.7 Å². The van der Waals surface area contributed by atoms with E-state index in [2.05, 4.69) is 40.7 Å². The Bertz CT molecular complexity index is 814. The van der Waals surface area contributed by atoms with Gasteiger partial charge in [-0.25, -0.2) is 9.38 Å². The lowest BCUT2D eigenvalue weighted by Gasteiger charge is -2.21. The second-order valence-electron chi connectivity index (χ2n) is 6.52. The second-order valence-corrected chi connectivity index (χ2v) is 6.52. The molecule has 0 unspecified atom stereocenters. The molecule has 7 heteroatoms. The molecule has 5 nitrogen and oxygen atoms in total. The highest BCUT2D eigenvalue weighted by molar-refractivity contribution is 14.0. The maximum atomic E-state index is 13.8. The highest BCUT2D eigenvalue weighted by Gasteiger charge is 2.16. The Morgan fingerprint density at radius 2 is 2.07 bits per heavy atom. The molecule has 0 saturated heterocycles. The number of nitrogens with one attached hydrogen (secondary N) is 2. The van der Waals surface area contributed by atoms with Crippen LogP contribution in [0.3, 0.4) is 0 Å². The van der Waals surface area contributed by atoms with Crippen molar-refractivity contribution in [3.05, 3.63) is 64.5 Å². The van der Waals surface area contributed by atoms with Gasteiger partial charge in [-0.3, -0.25) is 0 Å². The van der Waals surface area contributed by atoms with Crippen molar-refractivity contribution in [3.8, 4) is 5.75 Å². The SMILES string of the molecule is CCNC(=NCc1cccc(C)c1)NCCc1cc(F)cc2c1OCOC2.I. The number of fused-ring (bicyclic) bond motifs is 1. The quantitative estimate of drug-likeness (QED) is 0.360. The molecule has 0 spiro atoms. The Labute approximate surface area is 182 Å². The largest absolute Gasteiger partial charge is 0.467 e. The second kappa shape index (κ2) is 11.2. The van der Waals surface area contributed by atoms with Gasteiger partial charge in [-0.2, -0.15) is 0 Å². The molecule has 152 valence electrons. The van der Waals surface area contributed by atoms with E-state index in [4.69, 9.17) is 9.47 Å². The van der Waals surface area contributed by atoms with Crippen LogP contribution in [-0.2, 0) is 24.3 Å². The molecule has 2 N–H and O–H groups in total. The summed E-state index contributed by atoms with van der Waals surface area (Å²) in [4.78, 5) is 4.63. The first-order chi connectivity index (χ1) is 13.2. The fourth-order valence-corrected chi connectivity index (χ4v) is 3.08. The molecule has 0 bridgehead atoms. The van der Waals surface area contributed by atoms with E-state index in [1.165, 1.54) is 23.3 Å². The molecule has 0 saturated carbocycles. The summed E-state index contributed by atoms with van der Waals surface area (Å²) in [6, 6.07) is 11.3. The Kier molecular flexibility index (Phi) is 8.98. The van der Waals surface area contributed by atoms with Crippen LogP contribution in [0.1, 0.15) is 29.2 Å². The molecule has 0 amide bonds. The lowest BCUT2D eigenvalue weighted by Crippen LogP contribution is -2.38. The minimum Gasteiger partial charge on any atom is -0.467 e. The summed E-state index contributed by atoms with van der Waals surface area (Å²) in [6.45, 7) is 6.69. The molecule has 28 heavy (non-hydrogen) atoms. The Balaban J connectivity index is 0.00000280. The third-order valence-electron chi connectivity index (χ3n) is 4.28. The lowest BCUT2D eigenvalue weighted by molar-refractivity contribution is -0.0172. The lowest BCUT2D eigenvalue weighted by atomic mass is 10.1. The topological polar surface area (TPSA) is 54.9 Å². The molecule has 1 aliphatic rings. The van der Waals surface area contributed by atoms with Gasteiger partial charge in [0.2, 0.25) is 0 Å². The number of benzene rings is 2. The van der Waals surface area contributed by atoms with Crippen LogP contribution in [0.5, 0.6) is 5.75 Å². The average Bonchev–Trinajstić information content (AvgIpc) is 2.66. The number of halogens is 2. The number of nitrogens with zero attached hydrogens (tertiary/aromatic N) is 1. The third kappa shape index (κ3) is 6.34. The van der Waals surface area contributed by atoms with Crippen molar-refractivity contribution >= 4 is 29.9 Å². The van der Waals surface area contributed by atoms with Crippen LogP contribution in [0.25, 0.3) is 0 Å². The fourth-order valence-electron chi connectivity index (χ4n) is 3.08. The summed E-state index contributed by atoms with van der Waals surface area (Å²) in [5.41, 5.74) is 3.99. The first kappa shape index (κ1) is 22.4. The van der Waals surface area contributed by atoms with Crippen LogP contribution in [0.4, 0.5) is 4.39 Å². The van der Waals surface area contributed by atoms with E-state index >= 15 is 0 Å². The van der Waals surface area contributed by atoms with Gasteiger partial charge in [0.15, 0.2) is 12.8 Å². The number of aliphatic imine (C=N–C) groups is 1. The van der Waals surface area contributed by atoms with Gasteiger partial charge in [0, 0.05) is 18.7 Å². The van der Waals surface area contributed by atoms with Gasteiger partial charge in [0.25, 0.3) is 0 Å². The van der Waals surface area contributed by atoms with Crippen LogP contribution in [-0.4, -0.2) is 25.8 Å². The third-order valence-corrected chi connectivity index (χ3v) is 4.28. The molecule has 1 heterocycles. The standard InChI is InChI=1S/C21H26FN3O2.HI/c1-3-23-21(25-12-16-6-4-5-15(2)9-16)24-8-7-17-10-19(22)11-18-13-26-14-27-20(17)18;/h4-6,9-11H,3,7-8,12-14H2,1-2H3,(H2,23,24,25);1H. The van der Waals surface area contributed by atoms with E-state index in [1.54, 1.807) is 0 Å². The summed E-state index contributed by atoms with van der Waals surface area (Å²) < 4.78 is 24.6. The first-order valence-corrected chi connectivity index (χ1v) is 9.25. The van der Waals surface area contributed by atoms with E-state index < -0.39 is 0 Å². The molecular formula is C21H27FIN3O2. The van der Waals surface area contributed by atoms with Crippen LogP contribution in [0.15, 0.2) is 41.4 Å². The zero-order valence-electron chi connectivity index (χ0n) is 16.3. The highest BCUT2D eigenvalue weighted by Crippen LogP contribution is 2.29. The number of ether oxygens (including phenoxy) is 2. The normalized spacial score (nSPS) is 13.2. The zero-order chi connectivity index (χ0) is 19.1. The first-order valence-electron chi connectivity index (χ1n) is 9.25. The summed E-state index contributed by atoms with van der Waals surface area (Å²) in [5, 5.41) is 6.55. The Morgan fingerprint density at radius 1 is 1.21 bits per heavy atom. The summed E-state index contributed by atoms with van der Waals surface area (Å²) >= 11 is 0. The van der Waals surface area contributed by atoms with Crippen molar-refractivity contribution in [2.75, 3.05) is 19.9 Å². The smallest absolute Gasteiger partial charge is 0.191 e. The highest BCUT2D eigenvalue weighted by atomic mass is 127. The van der Waals surface area contributed by atoms with Crippen LogP contribution < -0.4 is 15.4 Å². The number of rotatable bonds is 6. The predicted octanol–water partition coefficient (Wildman–Crippen LogP) is 3.92. The van der Waals surface area contributed by atoms with E-state index in [1.807, 2.05) is 13.0 Å². The van der Waals surface area contributed by atoms with E-state index in [0.29, 0.717) is 26.1 Å². The maximum absolute atomic E-state index is 13.8. The van der Waals surface area contributed by atoms with Gasteiger partial charge in [-0.1, -0.05) is 29.8 Å². The van der Waals surface area contributed by atoms with Gasteiger partial charge in [0.05, 0.1) is 13.2 Å². The number of aryl methyl sites for hydroxylation is 1. The number of hydrogen-bond donors (Lipinski definition) is 2. The molecule has 0 fully saturated rings. The van der Waals surface area contributed by atoms with Gasteiger partial charge in [-0.15, -0.1) is 24.0 Å². The molecular weight excluding hydrogens is 472 g/mol. The molecule has 2 aromatic rings. The molecule has 0 radical (unpaired) electrons. The van der Waals surface area contributed by atoms with Crippen molar-refractivity contribution < 1.29 is 13.9 Å². The summed E-state index contributed by atoms with van der Waals surface area (Å²) in [5.74, 6) is 1.22. The van der Waals surface area contributed by atoms with Crippen molar-refractivity contribution in [3.63, 3.8) is 0 Å². The molecule has 2 aromatic carbocycles. The van der Waals surface area contributed by atoms with E-state index in [0.717, 1.165) is 29.4 Å². The minimum atomic E-state index is -0.266. The number of hydrogen-bond acceptors (Lipinski definition) is 3. The van der Waals surface area contributed by atoms with E-state index in [-0.39, 0.29) is 36.6 Å². The van der Waals surface area contributed by atoms with Gasteiger partial charge >= 0.3 is 0 Å². The van der Waals surface area contributed by atoms with Crippen molar-refractivity contribution in [1.82, 2.24) is 10.6 Å². The fraction of sp³-hybridized carbons (Fsp3) is 0.381. The molecule has 0 aliphatic carbocycles. The molecule has 3 rings (SSSR count). The average molecular weight is 499 g/mol. The van der Waals surface area contributed by atoms with Gasteiger partial charge in [-0.05, 0) is 43.5 Å². The predicted molar refractivity (Wildman–Crippen MR) is 120 cm³/mol. The summed E-state index contributed by atoms with van der Waals surface area (Å²) in [7, 11) is 0. The number of guanidine groups is 1. The van der Waals surface area contributed by atoms with Gasteiger partial charge < -0.3 is 20.1 Å². The molecule has 1 aliphatic heterocycles. The van der Waals surface area contributed by atoms with Crippen molar-refractivity contribution in [2.24, 2.45) is 4.99 Å². The monoisotopic (exact) mass is 499 g/mol. The minimum absolute atomic E-state index is 0. The van der Waals surface area contributed by atoms with E-state index in [9.17, 15) is 4.39 Å².